The van der Waals surface area contributed by atoms with Gasteiger partial charge in [-0.25, -0.2) is 0 Å². The van der Waals surface area contributed by atoms with E-state index in [0.717, 1.165) is 16.8 Å². The van der Waals surface area contributed by atoms with Crippen molar-refractivity contribution in [1.29, 1.82) is 0 Å². The second-order valence-electron chi connectivity index (χ2n) is 4.73. The fourth-order valence-corrected chi connectivity index (χ4v) is 2.18. The Morgan fingerprint density at radius 2 is 1.95 bits per heavy atom. The molecule has 0 aliphatic heterocycles. The lowest BCUT2D eigenvalue weighted by Crippen LogP contribution is -2.19. The fourth-order valence-electron chi connectivity index (χ4n) is 1.84. The molecule has 0 spiro atoms. The van der Waals surface area contributed by atoms with Crippen molar-refractivity contribution in [2.45, 2.75) is 39.8 Å². The van der Waals surface area contributed by atoms with Gasteiger partial charge in [0.15, 0.2) is 0 Å². The normalized spacial score (nSPS) is 12.7. The van der Waals surface area contributed by atoms with Crippen LogP contribution in [0.5, 0.6) is 5.75 Å². The molecule has 1 unspecified atom stereocenters. The lowest BCUT2D eigenvalue weighted by Gasteiger charge is -2.18. The van der Waals surface area contributed by atoms with Crippen LogP contribution in [0.2, 0.25) is 0 Å². The number of benzene rings is 1. The third-order valence-electron chi connectivity index (χ3n) is 2.74. The van der Waals surface area contributed by atoms with Gasteiger partial charge in [0.05, 0.1) is 12.7 Å². The molecule has 0 saturated heterocycles. The molecule has 19 heavy (non-hydrogen) atoms. The minimum atomic E-state index is 0.242. The quantitative estimate of drug-likeness (QED) is 0.733. The molecule has 1 N–H and O–H groups in total. The maximum absolute atomic E-state index is 5.84. The van der Waals surface area contributed by atoms with Gasteiger partial charge in [-0.15, -0.1) is 0 Å². The summed E-state index contributed by atoms with van der Waals surface area (Å²) < 4.78 is 12.4. The fraction of sp³-hybridized carbons (Fsp3) is 0.600. The molecule has 108 valence electrons. The summed E-state index contributed by atoms with van der Waals surface area (Å²) in [6.45, 7) is 10.4. The summed E-state index contributed by atoms with van der Waals surface area (Å²) in [7, 11) is 0. The molecule has 0 bridgehead atoms. The standard InChI is InChI=1S/C15H24BrNO2/c1-5-17-12(4)14-7-6-13(16)10-15(14)19-9-8-18-11(2)3/h6-7,10-12,17H,5,8-9H2,1-4H3. The van der Waals surface area contributed by atoms with E-state index in [2.05, 4.69) is 41.2 Å². The van der Waals surface area contributed by atoms with Gasteiger partial charge in [0, 0.05) is 16.1 Å². The van der Waals surface area contributed by atoms with Gasteiger partial charge < -0.3 is 14.8 Å². The molecule has 1 atom stereocenters. The summed E-state index contributed by atoms with van der Waals surface area (Å²) in [4.78, 5) is 0. The number of hydrogen-bond acceptors (Lipinski definition) is 3. The first-order valence-electron chi connectivity index (χ1n) is 6.81. The highest BCUT2D eigenvalue weighted by Gasteiger charge is 2.11. The summed E-state index contributed by atoms with van der Waals surface area (Å²) in [6.07, 6.45) is 0.242. The molecule has 0 fully saturated rings. The van der Waals surface area contributed by atoms with Crippen molar-refractivity contribution in [3.05, 3.63) is 28.2 Å². The molecule has 0 aromatic heterocycles. The Hall–Kier alpha value is -0.580. The topological polar surface area (TPSA) is 30.5 Å². The van der Waals surface area contributed by atoms with Crippen LogP contribution >= 0.6 is 15.9 Å². The zero-order valence-corrected chi connectivity index (χ0v) is 13.8. The lowest BCUT2D eigenvalue weighted by atomic mass is 10.1. The van der Waals surface area contributed by atoms with Crippen LogP contribution in [-0.4, -0.2) is 25.9 Å². The highest BCUT2D eigenvalue weighted by molar-refractivity contribution is 9.10. The molecule has 0 heterocycles. The van der Waals surface area contributed by atoms with Gasteiger partial charge in [0.2, 0.25) is 0 Å². The van der Waals surface area contributed by atoms with Crippen molar-refractivity contribution in [1.82, 2.24) is 5.32 Å². The molecule has 0 radical (unpaired) electrons. The smallest absolute Gasteiger partial charge is 0.125 e. The van der Waals surface area contributed by atoms with Crippen molar-refractivity contribution in [3.8, 4) is 5.75 Å². The molecule has 0 amide bonds. The maximum Gasteiger partial charge on any atom is 0.125 e. The van der Waals surface area contributed by atoms with Gasteiger partial charge in [-0.2, -0.15) is 0 Å². The van der Waals surface area contributed by atoms with E-state index < -0.39 is 0 Å². The minimum Gasteiger partial charge on any atom is -0.491 e. The monoisotopic (exact) mass is 329 g/mol. The van der Waals surface area contributed by atoms with Gasteiger partial charge in [-0.3, -0.25) is 0 Å². The van der Waals surface area contributed by atoms with Gasteiger partial charge in [0.25, 0.3) is 0 Å². The molecule has 0 aliphatic carbocycles. The minimum absolute atomic E-state index is 0.242. The van der Waals surface area contributed by atoms with E-state index in [1.165, 1.54) is 5.56 Å². The second kappa shape index (κ2) is 8.56. The van der Waals surface area contributed by atoms with Crippen LogP contribution in [0.1, 0.15) is 39.3 Å². The summed E-state index contributed by atoms with van der Waals surface area (Å²) in [5, 5.41) is 3.40. The van der Waals surface area contributed by atoms with Gasteiger partial charge in [-0.1, -0.05) is 28.9 Å². The molecule has 1 rings (SSSR count). The average molecular weight is 330 g/mol. The van der Waals surface area contributed by atoms with E-state index in [0.29, 0.717) is 13.2 Å². The molecule has 1 aromatic carbocycles. The van der Waals surface area contributed by atoms with Crippen LogP contribution in [0.4, 0.5) is 0 Å². The first-order valence-corrected chi connectivity index (χ1v) is 7.61. The van der Waals surface area contributed by atoms with E-state index in [-0.39, 0.29) is 12.1 Å². The van der Waals surface area contributed by atoms with Crippen LogP contribution in [0.15, 0.2) is 22.7 Å². The van der Waals surface area contributed by atoms with Crippen LogP contribution in [-0.2, 0) is 4.74 Å². The van der Waals surface area contributed by atoms with E-state index in [9.17, 15) is 0 Å². The third kappa shape index (κ3) is 5.93. The van der Waals surface area contributed by atoms with Crippen molar-refractivity contribution < 1.29 is 9.47 Å². The first kappa shape index (κ1) is 16.5. The van der Waals surface area contributed by atoms with Gasteiger partial charge in [-0.05, 0) is 39.4 Å². The van der Waals surface area contributed by atoms with Crippen LogP contribution in [0.3, 0.4) is 0 Å². The predicted molar refractivity (Wildman–Crippen MR) is 82.8 cm³/mol. The van der Waals surface area contributed by atoms with E-state index in [4.69, 9.17) is 9.47 Å². The predicted octanol–water partition coefficient (Wildman–Crippen LogP) is 3.92. The SMILES string of the molecule is CCNC(C)c1ccc(Br)cc1OCCOC(C)C. The second-order valence-corrected chi connectivity index (χ2v) is 5.65. The van der Waals surface area contributed by atoms with Crippen LogP contribution in [0.25, 0.3) is 0 Å². The van der Waals surface area contributed by atoms with Crippen LogP contribution in [0, 0.1) is 0 Å². The molecule has 0 aliphatic rings. The average Bonchev–Trinajstić information content (AvgIpc) is 2.34. The molecule has 0 saturated carbocycles. The lowest BCUT2D eigenvalue weighted by molar-refractivity contribution is 0.0549. The number of hydrogen-bond donors (Lipinski definition) is 1. The summed E-state index contributed by atoms with van der Waals surface area (Å²) >= 11 is 3.48. The molecule has 4 heteroatoms. The largest absolute Gasteiger partial charge is 0.491 e. The van der Waals surface area contributed by atoms with Crippen molar-refractivity contribution in [2.75, 3.05) is 19.8 Å². The number of nitrogens with one attached hydrogen (secondary N) is 1. The van der Waals surface area contributed by atoms with Gasteiger partial charge >= 0.3 is 0 Å². The Balaban J connectivity index is 2.66. The molecule has 1 aromatic rings. The Labute approximate surface area is 124 Å². The third-order valence-corrected chi connectivity index (χ3v) is 3.24. The Kier molecular flexibility index (Phi) is 7.42. The Morgan fingerprint density at radius 1 is 1.21 bits per heavy atom. The van der Waals surface area contributed by atoms with E-state index in [1.54, 1.807) is 0 Å². The Bertz CT molecular complexity index is 382. The Morgan fingerprint density at radius 3 is 2.58 bits per heavy atom. The van der Waals surface area contributed by atoms with Crippen molar-refractivity contribution in [2.24, 2.45) is 0 Å². The summed E-state index contributed by atoms with van der Waals surface area (Å²) in [6, 6.07) is 6.43. The molecule has 3 nitrogen and oxygen atoms in total. The summed E-state index contributed by atoms with van der Waals surface area (Å²) in [5.74, 6) is 0.912. The zero-order valence-electron chi connectivity index (χ0n) is 12.2. The summed E-state index contributed by atoms with van der Waals surface area (Å²) in [5.41, 5.74) is 1.18. The van der Waals surface area contributed by atoms with Gasteiger partial charge in [0.1, 0.15) is 12.4 Å². The zero-order chi connectivity index (χ0) is 14.3. The van der Waals surface area contributed by atoms with Crippen molar-refractivity contribution >= 4 is 15.9 Å². The number of rotatable bonds is 8. The maximum atomic E-state index is 5.84. The molecular formula is C15H24BrNO2. The number of halogens is 1. The molecular weight excluding hydrogens is 306 g/mol. The first-order chi connectivity index (χ1) is 9.04. The van der Waals surface area contributed by atoms with Crippen molar-refractivity contribution in [3.63, 3.8) is 0 Å². The highest BCUT2D eigenvalue weighted by atomic mass is 79.9. The van der Waals surface area contributed by atoms with E-state index >= 15 is 0 Å². The highest BCUT2D eigenvalue weighted by Crippen LogP contribution is 2.28. The van der Waals surface area contributed by atoms with E-state index in [1.807, 2.05) is 26.0 Å². The van der Waals surface area contributed by atoms with Crippen LogP contribution < -0.4 is 10.1 Å². The number of ether oxygens (including phenoxy) is 2.